The van der Waals surface area contributed by atoms with Crippen LogP contribution >= 0.6 is 0 Å². The van der Waals surface area contributed by atoms with Crippen LogP contribution in [0.3, 0.4) is 0 Å². The molecule has 1 aromatic rings. The number of rotatable bonds is 4. The Hall–Kier alpha value is -1.32. The van der Waals surface area contributed by atoms with E-state index in [1.807, 2.05) is 10.7 Å². The molecule has 1 aromatic heterocycles. The van der Waals surface area contributed by atoms with Gasteiger partial charge in [0.1, 0.15) is 5.82 Å². The van der Waals surface area contributed by atoms with Crippen molar-refractivity contribution < 1.29 is 4.79 Å². The second kappa shape index (κ2) is 6.63. The quantitative estimate of drug-likeness (QED) is 0.893. The zero-order chi connectivity index (χ0) is 15.5. The van der Waals surface area contributed by atoms with E-state index in [0.717, 1.165) is 5.82 Å². The maximum atomic E-state index is 12.3. The second-order valence-electron chi connectivity index (χ2n) is 7.47. The van der Waals surface area contributed by atoms with E-state index >= 15 is 0 Å². The maximum Gasteiger partial charge on any atom is 0.225 e. The highest BCUT2D eigenvalue weighted by atomic mass is 16.1. The number of carbonyl (C=O) groups is 1. The lowest BCUT2D eigenvalue weighted by Gasteiger charge is -2.27. The molecule has 1 N–H and O–H groups in total. The van der Waals surface area contributed by atoms with Crippen LogP contribution in [0.1, 0.15) is 72.3 Å². The van der Waals surface area contributed by atoms with Crippen molar-refractivity contribution in [1.82, 2.24) is 9.78 Å². The van der Waals surface area contributed by atoms with Crippen molar-refractivity contribution in [3.63, 3.8) is 0 Å². The number of hydrogen-bond acceptors (Lipinski definition) is 2. The number of amides is 1. The normalized spacial score (nSPS) is 18.5. The van der Waals surface area contributed by atoms with Gasteiger partial charge in [0.15, 0.2) is 0 Å². The third-order valence-corrected chi connectivity index (χ3v) is 4.83. The third kappa shape index (κ3) is 4.32. The van der Waals surface area contributed by atoms with E-state index in [2.05, 4.69) is 38.1 Å². The molecule has 1 aliphatic carbocycles. The van der Waals surface area contributed by atoms with Gasteiger partial charge in [-0.3, -0.25) is 4.79 Å². The third-order valence-electron chi connectivity index (χ3n) is 4.83. The molecule has 0 radical (unpaired) electrons. The van der Waals surface area contributed by atoms with Crippen molar-refractivity contribution in [3.8, 4) is 0 Å². The molecule has 1 saturated carbocycles. The van der Waals surface area contributed by atoms with Crippen molar-refractivity contribution >= 4 is 11.7 Å². The van der Waals surface area contributed by atoms with Crippen molar-refractivity contribution in [1.29, 1.82) is 0 Å². The summed E-state index contributed by atoms with van der Waals surface area (Å²) in [7, 11) is 0. The van der Waals surface area contributed by atoms with Gasteiger partial charge in [-0.25, -0.2) is 4.68 Å². The van der Waals surface area contributed by atoms with Crippen LogP contribution in [-0.4, -0.2) is 15.7 Å². The Bertz CT molecular complexity index is 467. The van der Waals surface area contributed by atoms with Crippen LogP contribution in [0.2, 0.25) is 0 Å². The van der Waals surface area contributed by atoms with Gasteiger partial charge in [0.25, 0.3) is 0 Å². The highest BCUT2D eigenvalue weighted by molar-refractivity contribution is 5.90. The van der Waals surface area contributed by atoms with Gasteiger partial charge in [-0.05, 0) is 24.2 Å². The fraction of sp³-hybridized carbons (Fsp3) is 0.765. The van der Waals surface area contributed by atoms with Crippen LogP contribution in [-0.2, 0) is 4.79 Å². The van der Waals surface area contributed by atoms with Crippen molar-refractivity contribution in [2.24, 2.45) is 11.3 Å². The summed E-state index contributed by atoms with van der Waals surface area (Å²) < 4.78 is 2.01. The summed E-state index contributed by atoms with van der Waals surface area (Å²) in [6.07, 6.45) is 8.53. The van der Waals surface area contributed by atoms with E-state index in [-0.39, 0.29) is 11.3 Å². The van der Waals surface area contributed by atoms with Gasteiger partial charge >= 0.3 is 0 Å². The van der Waals surface area contributed by atoms with Gasteiger partial charge in [-0.15, -0.1) is 0 Å². The van der Waals surface area contributed by atoms with Gasteiger partial charge in [-0.2, -0.15) is 5.10 Å². The van der Waals surface area contributed by atoms with Crippen molar-refractivity contribution in [3.05, 3.63) is 12.3 Å². The van der Waals surface area contributed by atoms with Crippen molar-refractivity contribution in [2.75, 3.05) is 5.32 Å². The van der Waals surface area contributed by atoms with E-state index in [4.69, 9.17) is 0 Å². The monoisotopic (exact) mass is 291 g/mol. The number of carbonyl (C=O) groups excluding carboxylic acids is 1. The first-order valence-electron chi connectivity index (χ1n) is 8.21. The van der Waals surface area contributed by atoms with E-state index in [9.17, 15) is 4.79 Å². The molecule has 2 rings (SSSR count). The molecular formula is C17H29N3O. The van der Waals surface area contributed by atoms with Crippen LogP contribution in [0.25, 0.3) is 0 Å². The summed E-state index contributed by atoms with van der Waals surface area (Å²) in [5.41, 5.74) is 0.154. The van der Waals surface area contributed by atoms with E-state index < -0.39 is 0 Å². The van der Waals surface area contributed by atoms with Gasteiger partial charge < -0.3 is 5.32 Å². The minimum atomic E-state index is 0.0926. The minimum Gasteiger partial charge on any atom is -0.311 e. The van der Waals surface area contributed by atoms with E-state index in [1.165, 1.54) is 32.1 Å². The molecule has 1 fully saturated rings. The predicted octanol–water partition coefficient (Wildman–Crippen LogP) is 4.40. The van der Waals surface area contributed by atoms with Crippen LogP contribution in [0.15, 0.2) is 12.3 Å². The van der Waals surface area contributed by atoms with Gasteiger partial charge in [0.2, 0.25) is 5.91 Å². The first-order valence-corrected chi connectivity index (χ1v) is 8.21. The lowest BCUT2D eigenvalue weighted by Crippen LogP contribution is -2.25. The Labute approximate surface area is 128 Å². The zero-order valence-electron chi connectivity index (χ0n) is 13.9. The molecule has 1 amide bonds. The average molecular weight is 291 g/mol. The highest BCUT2D eigenvalue weighted by Crippen LogP contribution is 2.31. The van der Waals surface area contributed by atoms with Crippen LogP contribution < -0.4 is 5.32 Å². The standard InChI is InChI=1S/C17H29N3O/c1-13(17(2,3)4)12-16(21)19-15-10-11-18-20(15)14-8-6-5-7-9-14/h10-11,13-14H,5-9,12H2,1-4H3,(H,19,21). The zero-order valence-corrected chi connectivity index (χ0v) is 13.9. The largest absolute Gasteiger partial charge is 0.311 e. The molecule has 0 saturated heterocycles. The summed E-state index contributed by atoms with van der Waals surface area (Å²) in [5, 5.41) is 7.48. The molecule has 4 nitrogen and oxygen atoms in total. The van der Waals surface area contributed by atoms with Crippen LogP contribution in [0.4, 0.5) is 5.82 Å². The van der Waals surface area contributed by atoms with E-state index in [1.54, 1.807) is 6.20 Å². The number of aromatic nitrogens is 2. The Morgan fingerprint density at radius 3 is 2.67 bits per heavy atom. The molecule has 0 spiro atoms. The minimum absolute atomic E-state index is 0.0926. The molecule has 0 bridgehead atoms. The molecule has 1 unspecified atom stereocenters. The lowest BCUT2D eigenvalue weighted by molar-refractivity contribution is -0.117. The highest BCUT2D eigenvalue weighted by Gasteiger charge is 2.24. The van der Waals surface area contributed by atoms with Gasteiger partial charge in [0.05, 0.1) is 12.2 Å². The van der Waals surface area contributed by atoms with Gasteiger partial charge in [0, 0.05) is 12.5 Å². The summed E-state index contributed by atoms with van der Waals surface area (Å²) in [5.74, 6) is 1.30. The first kappa shape index (κ1) is 16.1. The molecule has 4 heteroatoms. The molecule has 1 heterocycles. The van der Waals surface area contributed by atoms with E-state index in [0.29, 0.717) is 18.4 Å². The SMILES string of the molecule is CC(CC(=O)Nc1ccnn1C1CCCCC1)C(C)(C)C. The number of anilines is 1. The summed E-state index contributed by atoms with van der Waals surface area (Å²) >= 11 is 0. The van der Waals surface area contributed by atoms with Crippen molar-refractivity contribution in [2.45, 2.75) is 72.3 Å². The molecule has 21 heavy (non-hydrogen) atoms. The second-order valence-corrected chi connectivity index (χ2v) is 7.47. The lowest BCUT2D eigenvalue weighted by atomic mass is 9.80. The Morgan fingerprint density at radius 2 is 2.05 bits per heavy atom. The Balaban J connectivity index is 1.97. The number of nitrogens with one attached hydrogen (secondary N) is 1. The van der Waals surface area contributed by atoms with Crippen LogP contribution in [0.5, 0.6) is 0 Å². The predicted molar refractivity (Wildman–Crippen MR) is 86.2 cm³/mol. The number of nitrogens with zero attached hydrogens (tertiary/aromatic N) is 2. The molecule has 0 aromatic carbocycles. The average Bonchev–Trinajstić information content (AvgIpc) is 2.86. The molecule has 1 atom stereocenters. The van der Waals surface area contributed by atoms with Gasteiger partial charge in [-0.1, -0.05) is 47.0 Å². The fourth-order valence-corrected chi connectivity index (χ4v) is 2.81. The first-order chi connectivity index (χ1) is 9.88. The smallest absolute Gasteiger partial charge is 0.225 e. The topological polar surface area (TPSA) is 46.9 Å². The fourth-order valence-electron chi connectivity index (χ4n) is 2.81. The summed E-state index contributed by atoms with van der Waals surface area (Å²) in [4.78, 5) is 12.3. The molecule has 0 aliphatic heterocycles. The maximum absolute atomic E-state index is 12.3. The molecular weight excluding hydrogens is 262 g/mol. The Morgan fingerprint density at radius 1 is 1.38 bits per heavy atom. The number of hydrogen-bond donors (Lipinski definition) is 1. The summed E-state index contributed by atoms with van der Waals surface area (Å²) in [6.45, 7) is 8.67. The summed E-state index contributed by atoms with van der Waals surface area (Å²) in [6, 6.07) is 2.36. The van der Waals surface area contributed by atoms with Crippen LogP contribution in [0, 0.1) is 11.3 Å². The molecule has 118 valence electrons. The molecule has 1 aliphatic rings. The Kier molecular flexibility index (Phi) is 5.07.